The quantitative estimate of drug-likeness (QED) is 0.576. The average Bonchev–Trinajstić information content (AvgIpc) is 2.73. The van der Waals surface area contributed by atoms with Gasteiger partial charge in [-0.15, -0.1) is 0 Å². The number of halogens is 1. The molecule has 0 spiro atoms. The van der Waals surface area contributed by atoms with Crippen molar-refractivity contribution in [1.82, 2.24) is 16.2 Å². The molecule has 1 heterocycles. The summed E-state index contributed by atoms with van der Waals surface area (Å²) >= 11 is 7.90. The van der Waals surface area contributed by atoms with Gasteiger partial charge in [-0.1, -0.05) is 6.92 Å². The molecule has 1 aromatic heterocycles. The van der Waals surface area contributed by atoms with Gasteiger partial charge in [0.1, 0.15) is 0 Å². The summed E-state index contributed by atoms with van der Waals surface area (Å²) in [6, 6.07) is 3.09. The summed E-state index contributed by atoms with van der Waals surface area (Å²) in [7, 11) is 0. The van der Waals surface area contributed by atoms with Crippen molar-refractivity contribution in [2.75, 3.05) is 0 Å². The van der Waals surface area contributed by atoms with Gasteiger partial charge in [-0.3, -0.25) is 20.4 Å². The lowest BCUT2D eigenvalue weighted by atomic mass is 10.3. The molecule has 0 unspecified atom stereocenters. The van der Waals surface area contributed by atoms with Crippen LogP contribution in [0.4, 0.5) is 0 Å². The van der Waals surface area contributed by atoms with Gasteiger partial charge in [-0.25, -0.2) is 0 Å². The first-order valence-corrected chi connectivity index (χ1v) is 6.38. The third-order valence-electron chi connectivity index (χ3n) is 1.82. The Morgan fingerprint density at radius 3 is 2.67 bits per heavy atom. The number of nitrogens with one attached hydrogen (secondary N) is 3. The lowest BCUT2D eigenvalue weighted by Crippen LogP contribution is -2.48. The third kappa shape index (κ3) is 4.84. The van der Waals surface area contributed by atoms with E-state index in [1.54, 1.807) is 6.07 Å². The first-order valence-electron chi connectivity index (χ1n) is 5.18. The van der Waals surface area contributed by atoms with Crippen LogP contribution in [0.1, 0.15) is 30.3 Å². The smallest absolute Gasteiger partial charge is 0.305 e. The monoisotopic (exact) mass is 333 g/mol. The zero-order valence-electron chi connectivity index (χ0n) is 9.58. The maximum Gasteiger partial charge on any atom is 0.305 e. The minimum Gasteiger partial charge on any atom is -0.444 e. The minimum absolute atomic E-state index is 0.0346. The normalized spacial score (nSPS) is 9.67. The SMILES string of the molecule is CCCC(=O)NC(=S)NNC(=O)c1ccc(Br)o1. The van der Waals surface area contributed by atoms with E-state index in [2.05, 4.69) is 32.1 Å². The fourth-order valence-corrected chi connectivity index (χ4v) is 1.53. The first kappa shape index (κ1) is 14.7. The van der Waals surface area contributed by atoms with Crippen molar-refractivity contribution in [1.29, 1.82) is 0 Å². The van der Waals surface area contributed by atoms with Crippen LogP contribution in [0.2, 0.25) is 0 Å². The highest BCUT2D eigenvalue weighted by molar-refractivity contribution is 9.10. The number of hydrazine groups is 1. The Morgan fingerprint density at radius 2 is 2.11 bits per heavy atom. The molecule has 0 atom stereocenters. The molecule has 0 saturated carbocycles. The predicted octanol–water partition coefficient (Wildman–Crippen LogP) is 1.48. The molecule has 3 N–H and O–H groups in total. The second-order valence-corrected chi connectivity index (χ2v) is 4.50. The first-order chi connectivity index (χ1) is 8.52. The molecule has 0 aromatic carbocycles. The van der Waals surface area contributed by atoms with Gasteiger partial charge in [0.25, 0.3) is 0 Å². The van der Waals surface area contributed by atoms with Crippen LogP contribution in [-0.4, -0.2) is 16.9 Å². The standard InChI is InChI=1S/C10H12BrN3O3S/c1-2-3-8(15)12-10(18)14-13-9(16)6-4-5-7(11)17-6/h4-5H,2-3H2,1H3,(H,13,16)(H2,12,14,15,18). The number of hydrogen-bond acceptors (Lipinski definition) is 4. The summed E-state index contributed by atoms with van der Waals surface area (Å²) < 4.78 is 5.48. The van der Waals surface area contributed by atoms with Crippen LogP contribution in [-0.2, 0) is 4.79 Å². The van der Waals surface area contributed by atoms with E-state index in [9.17, 15) is 9.59 Å². The number of furan rings is 1. The number of thiocarbonyl (C=S) groups is 1. The highest BCUT2D eigenvalue weighted by atomic mass is 79.9. The van der Waals surface area contributed by atoms with E-state index < -0.39 is 5.91 Å². The van der Waals surface area contributed by atoms with E-state index in [-0.39, 0.29) is 16.8 Å². The van der Waals surface area contributed by atoms with Crippen LogP contribution in [0.5, 0.6) is 0 Å². The van der Waals surface area contributed by atoms with Gasteiger partial charge in [0.15, 0.2) is 15.5 Å². The molecule has 0 bridgehead atoms. The van der Waals surface area contributed by atoms with Gasteiger partial charge in [-0.2, -0.15) is 0 Å². The highest BCUT2D eigenvalue weighted by Crippen LogP contribution is 2.13. The molecule has 0 aliphatic heterocycles. The highest BCUT2D eigenvalue weighted by Gasteiger charge is 2.10. The maximum atomic E-state index is 11.5. The van der Waals surface area contributed by atoms with E-state index in [0.29, 0.717) is 11.1 Å². The van der Waals surface area contributed by atoms with Crippen molar-refractivity contribution in [3.8, 4) is 0 Å². The minimum atomic E-state index is -0.493. The molecule has 0 radical (unpaired) electrons. The third-order valence-corrected chi connectivity index (χ3v) is 2.45. The van der Waals surface area contributed by atoms with Crippen LogP contribution in [0.25, 0.3) is 0 Å². The largest absolute Gasteiger partial charge is 0.444 e. The van der Waals surface area contributed by atoms with Crippen LogP contribution in [0.15, 0.2) is 21.2 Å². The Balaban J connectivity index is 2.34. The molecule has 1 aromatic rings. The lowest BCUT2D eigenvalue weighted by molar-refractivity contribution is -0.119. The summed E-state index contributed by atoms with van der Waals surface area (Å²) in [5.41, 5.74) is 4.70. The van der Waals surface area contributed by atoms with Crippen LogP contribution >= 0.6 is 28.1 Å². The number of rotatable bonds is 3. The fraction of sp³-hybridized carbons (Fsp3) is 0.300. The molecule has 98 valence electrons. The Hall–Kier alpha value is -1.41. The summed E-state index contributed by atoms with van der Waals surface area (Å²) in [5, 5.41) is 2.45. The molecule has 6 nitrogen and oxygen atoms in total. The molecule has 0 saturated heterocycles. The molecule has 1 rings (SSSR count). The second-order valence-electron chi connectivity index (χ2n) is 3.31. The van der Waals surface area contributed by atoms with Gasteiger partial charge in [0.05, 0.1) is 0 Å². The van der Waals surface area contributed by atoms with Crippen molar-refractivity contribution >= 4 is 45.1 Å². The van der Waals surface area contributed by atoms with Crippen molar-refractivity contribution in [2.24, 2.45) is 0 Å². The van der Waals surface area contributed by atoms with Crippen molar-refractivity contribution in [2.45, 2.75) is 19.8 Å². The summed E-state index contributed by atoms with van der Waals surface area (Å²) in [6.07, 6.45) is 1.10. The average molecular weight is 334 g/mol. The van der Waals surface area contributed by atoms with Gasteiger partial charge in [-0.05, 0) is 46.7 Å². The van der Waals surface area contributed by atoms with Crippen molar-refractivity contribution in [3.05, 3.63) is 22.6 Å². The van der Waals surface area contributed by atoms with E-state index >= 15 is 0 Å². The van der Waals surface area contributed by atoms with E-state index in [0.717, 1.165) is 6.42 Å². The number of hydrogen-bond donors (Lipinski definition) is 3. The van der Waals surface area contributed by atoms with Crippen LogP contribution in [0.3, 0.4) is 0 Å². The predicted molar refractivity (Wildman–Crippen MR) is 72.7 cm³/mol. The van der Waals surface area contributed by atoms with Gasteiger partial charge >= 0.3 is 5.91 Å². The Kier molecular flexibility index (Phi) is 5.79. The Labute approximate surface area is 118 Å². The molecule has 18 heavy (non-hydrogen) atoms. The van der Waals surface area contributed by atoms with Gasteiger partial charge < -0.3 is 9.73 Å². The van der Waals surface area contributed by atoms with E-state index in [1.165, 1.54) is 6.07 Å². The second kappa shape index (κ2) is 7.12. The lowest BCUT2D eigenvalue weighted by Gasteiger charge is -2.09. The summed E-state index contributed by atoms with van der Waals surface area (Å²) in [6.45, 7) is 1.88. The molecule has 0 aliphatic carbocycles. The zero-order valence-corrected chi connectivity index (χ0v) is 12.0. The molecule has 0 fully saturated rings. The molecule has 8 heteroatoms. The Morgan fingerprint density at radius 1 is 1.39 bits per heavy atom. The summed E-state index contributed by atoms with van der Waals surface area (Å²) in [4.78, 5) is 22.7. The van der Waals surface area contributed by atoms with Crippen molar-refractivity contribution in [3.63, 3.8) is 0 Å². The van der Waals surface area contributed by atoms with Crippen molar-refractivity contribution < 1.29 is 14.0 Å². The van der Waals surface area contributed by atoms with Crippen LogP contribution < -0.4 is 16.2 Å². The maximum absolute atomic E-state index is 11.5. The zero-order chi connectivity index (χ0) is 13.5. The van der Waals surface area contributed by atoms with Gasteiger partial charge in [0, 0.05) is 6.42 Å². The molecular weight excluding hydrogens is 322 g/mol. The molecule has 2 amide bonds. The molecular formula is C10H12BrN3O3S. The number of carbonyl (C=O) groups excluding carboxylic acids is 2. The fourth-order valence-electron chi connectivity index (χ4n) is 1.06. The molecule has 0 aliphatic rings. The van der Waals surface area contributed by atoms with Crippen LogP contribution in [0, 0.1) is 0 Å². The van der Waals surface area contributed by atoms with E-state index in [1.807, 2.05) is 6.92 Å². The van der Waals surface area contributed by atoms with Gasteiger partial charge in [0.2, 0.25) is 5.91 Å². The summed E-state index contributed by atoms with van der Waals surface area (Å²) in [5.74, 6) is -0.574. The number of amides is 2. The Bertz CT molecular complexity index is 461. The number of carbonyl (C=O) groups is 2. The van der Waals surface area contributed by atoms with E-state index in [4.69, 9.17) is 16.6 Å². The topological polar surface area (TPSA) is 83.4 Å².